The van der Waals surface area contributed by atoms with Crippen LogP contribution in [-0.2, 0) is 22.1 Å². The van der Waals surface area contributed by atoms with E-state index >= 15 is 0 Å². The first-order chi connectivity index (χ1) is 7.75. The van der Waals surface area contributed by atoms with Crippen molar-refractivity contribution in [1.29, 1.82) is 0 Å². The van der Waals surface area contributed by atoms with Crippen molar-refractivity contribution in [3.63, 3.8) is 0 Å². The second-order valence-electron chi connectivity index (χ2n) is 3.27. The molecule has 1 aromatic rings. The number of esters is 1. The van der Waals surface area contributed by atoms with E-state index in [1.165, 1.54) is 6.92 Å². The molecule has 0 saturated carbocycles. The lowest BCUT2D eigenvalue weighted by Gasteiger charge is -2.09. The molecule has 0 atom stereocenters. The predicted molar refractivity (Wildman–Crippen MR) is 50.4 cm³/mol. The van der Waals surface area contributed by atoms with Gasteiger partial charge in [0.2, 0.25) is 5.76 Å². The predicted octanol–water partition coefficient (Wildman–Crippen LogP) is 1.68. The molecule has 0 spiro atoms. The van der Waals surface area contributed by atoms with Gasteiger partial charge in [0.05, 0.1) is 7.11 Å². The normalized spacial score (nSPS) is 11.4. The number of alkyl halides is 3. The van der Waals surface area contributed by atoms with Crippen molar-refractivity contribution in [3.05, 3.63) is 33.4 Å². The molecule has 94 valence electrons. The molecule has 1 heterocycles. The number of halogens is 3. The topological polar surface area (TPSA) is 56.5 Å². The Morgan fingerprint density at radius 1 is 1.47 bits per heavy atom. The van der Waals surface area contributed by atoms with E-state index < -0.39 is 29.8 Å². The van der Waals surface area contributed by atoms with E-state index in [1.807, 2.05) is 0 Å². The number of methoxy groups -OCH3 is 1. The summed E-state index contributed by atoms with van der Waals surface area (Å²) in [6, 6.07) is 0.357. The Hall–Kier alpha value is -1.79. The molecule has 0 fully saturated rings. The largest absolute Gasteiger partial charge is 0.469 e. The smallest absolute Gasteiger partial charge is 0.449 e. The molecule has 0 aliphatic carbocycles. The van der Waals surface area contributed by atoms with Crippen LogP contribution in [0, 0.1) is 6.92 Å². The van der Waals surface area contributed by atoms with Gasteiger partial charge < -0.3 is 9.15 Å². The van der Waals surface area contributed by atoms with E-state index in [4.69, 9.17) is 0 Å². The van der Waals surface area contributed by atoms with Gasteiger partial charge in [0.1, 0.15) is 12.2 Å². The van der Waals surface area contributed by atoms with Crippen LogP contribution in [0.1, 0.15) is 17.1 Å². The Morgan fingerprint density at radius 3 is 2.53 bits per heavy atom. The van der Waals surface area contributed by atoms with Crippen LogP contribution in [0.3, 0.4) is 0 Å². The third-order valence-corrected chi connectivity index (χ3v) is 2.10. The van der Waals surface area contributed by atoms with Crippen LogP contribution in [0.25, 0.3) is 0 Å². The quantitative estimate of drug-likeness (QED) is 0.749. The van der Waals surface area contributed by atoms with Gasteiger partial charge in [-0.3, -0.25) is 9.59 Å². The molecule has 7 heteroatoms. The highest BCUT2D eigenvalue weighted by Gasteiger charge is 2.35. The first-order valence-electron chi connectivity index (χ1n) is 4.53. The van der Waals surface area contributed by atoms with Crippen LogP contribution >= 0.6 is 0 Å². The summed E-state index contributed by atoms with van der Waals surface area (Å²) in [4.78, 5) is 22.2. The summed E-state index contributed by atoms with van der Waals surface area (Å²) >= 11 is 0. The minimum Gasteiger partial charge on any atom is -0.469 e. The summed E-state index contributed by atoms with van der Waals surface area (Å²) < 4.78 is 45.8. The lowest BCUT2D eigenvalue weighted by molar-refractivity contribution is -0.155. The zero-order valence-electron chi connectivity index (χ0n) is 9.05. The van der Waals surface area contributed by atoms with E-state index in [0.29, 0.717) is 6.07 Å². The molecule has 4 nitrogen and oxygen atoms in total. The Balaban J connectivity index is 3.26. The summed E-state index contributed by atoms with van der Waals surface area (Å²) in [7, 11) is 1.09. The van der Waals surface area contributed by atoms with Gasteiger partial charge in [-0.15, -0.1) is 0 Å². The highest BCUT2D eigenvalue weighted by molar-refractivity contribution is 5.71. The molecule has 1 aromatic heterocycles. The summed E-state index contributed by atoms with van der Waals surface area (Å²) in [5.41, 5.74) is -0.870. The Bertz CT molecular complexity index is 487. The van der Waals surface area contributed by atoms with Gasteiger partial charge in [0.15, 0.2) is 5.43 Å². The van der Waals surface area contributed by atoms with Crippen LogP contribution in [0.15, 0.2) is 15.3 Å². The van der Waals surface area contributed by atoms with Crippen molar-refractivity contribution >= 4 is 5.97 Å². The van der Waals surface area contributed by atoms with E-state index in [1.54, 1.807) is 0 Å². The monoisotopic (exact) mass is 250 g/mol. The highest BCUT2D eigenvalue weighted by Crippen LogP contribution is 2.29. The molecule has 0 amide bonds. The van der Waals surface area contributed by atoms with Crippen molar-refractivity contribution in [3.8, 4) is 0 Å². The summed E-state index contributed by atoms with van der Waals surface area (Å²) in [6.07, 6.45) is -5.28. The Labute approximate surface area is 94.0 Å². The van der Waals surface area contributed by atoms with Gasteiger partial charge in [0.25, 0.3) is 0 Å². The van der Waals surface area contributed by atoms with Crippen LogP contribution < -0.4 is 5.43 Å². The van der Waals surface area contributed by atoms with Gasteiger partial charge in [-0.1, -0.05) is 0 Å². The minimum atomic E-state index is -4.77. The second-order valence-corrected chi connectivity index (χ2v) is 3.27. The van der Waals surface area contributed by atoms with Gasteiger partial charge in [-0.2, -0.15) is 13.2 Å². The fourth-order valence-corrected chi connectivity index (χ4v) is 1.12. The molecular weight excluding hydrogens is 241 g/mol. The standard InChI is InChI=1S/C10H9F3O4/c1-5-6(14)3-8(10(11,12)13)17-7(5)4-9(15)16-2/h3H,4H2,1-2H3. The molecule has 0 unspecified atom stereocenters. The van der Waals surface area contributed by atoms with Crippen molar-refractivity contribution in [2.75, 3.05) is 7.11 Å². The van der Waals surface area contributed by atoms with E-state index in [0.717, 1.165) is 7.11 Å². The maximum Gasteiger partial charge on any atom is 0.449 e. The van der Waals surface area contributed by atoms with Gasteiger partial charge >= 0.3 is 12.1 Å². The zero-order chi connectivity index (χ0) is 13.2. The summed E-state index contributed by atoms with van der Waals surface area (Å²) in [5, 5.41) is 0. The maximum absolute atomic E-state index is 12.4. The number of rotatable bonds is 2. The van der Waals surface area contributed by atoms with Crippen LogP contribution in [0.4, 0.5) is 13.2 Å². The lowest BCUT2D eigenvalue weighted by atomic mass is 10.1. The third-order valence-electron chi connectivity index (χ3n) is 2.10. The molecule has 0 aliphatic heterocycles. The summed E-state index contributed by atoms with van der Waals surface area (Å²) in [5.74, 6) is -2.54. The fraction of sp³-hybridized carbons (Fsp3) is 0.400. The Kier molecular flexibility index (Phi) is 3.59. The number of hydrogen-bond donors (Lipinski definition) is 0. The lowest BCUT2D eigenvalue weighted by Crippen LogP contribution is -2.17. The van der Waals surface area contributed by atoms with Gasteiger partial charge in [-0.25, -0.2) is 0 Å². The first-order valence-corrected chi connectivity index (χ1v) is 4.53. The Morgan fingerprint density at radius 2 is 2.06 bits per heavy atom. The average Bonchev–Trinajstić information content (AvgIpc) is 2.22. The van der Waals surface area contributed by atoms with Crippen molar-refractivity contribution in [2.45, 2.75) is 19.5 Å². The first kappa shape index (κ1) is 13.3. The number of hydrogen-bond acceptors (Lipinski definition) is 4. The summed E-state index contributed by atoms with van der Waals surface area (Å²) in [6.45, 7) is 1.28. The average molecular weight is 250 g/mol. The highest BCUT2D eigenvalue weighted by atomic mass is 19.4. The van der Waals surface area contributed by atoms with Crippen LogP contribution in [-0.4, -0.2) is 13.1 Å². The van der Waals surface area contributed by atoms with Gasteiger partial charge in [-0.05, 0) is 6.92 Å². The van der Waals surface area contributed by atoms with Crippen molar-refractivity contribution in [1.82, 2.24) is 0 Å². The van der Waals surface area contributed by atoms with Crippen LogP contribution in [0.5, 0.6) is 0 Å². The van der Waals surface area contributed by atoms with Crippen molar-refractivity contribution < 1.29 is 27.1 Å². The molecule has 0 radical (unpaired) electrons. The van der Waals surface area contributed by atoms with E-state index in [9.17, 15) is 22.8 Å². The number of carbonyl (C=O) groups excluding carboxylic acids is 1. The van der Waals surface area contributed by atoms with Crippen LogP contribution in [0.2, 0.25) is 0 Å². The molecule has 17 heavy (non-hydrogen) atoms. The van der Waals surface area contributed by atoms with E-state index in [-0.39, 0.29) is 11.3 Å². The molecule has 0 aromatic carbocycles. The molecule has 0 bridgehead atoms. The van der Waals surface area contributed by atoms with Crippen molar-refractivity contribution in [2.24, 2.45) is 0 Å². The number of carbonyl (C=O) groups is 1. The molecule has 0 aliphatic rings. The molecule has 1 rings (SSSR count). The van der Waals surface area contributed by atoms with Gasteiger partial charge in [0, 0.05) is 11.6 Å². The molecule has 0 saturated heterocycles. The SMILES string of the molecule is COC(=O)Cc1oc(C(F)(F)F)cc(=O)c1C. The molecule has 0 N–H and O–H groups in total. The molecular formula is C10H9F3O4. The zero-order valence-corrected chi connectivity index (χ0v) is 9.05. The fourth-order valence-electron chi connectivity index (χ4n) is 1.12. The maximum atomic E-state index is 12.4. The third kappa shape index (κ3) is 3.08. The second kappa shape index (κ2) is 4.60. The van der Waals surface area contributed by atoms with E-state index in [2.05, 4.69) is 9.15 Å². The minimum absolute atomic E-state index is 0.0385. The number of ether oxygens (including phenoxy) is 1.